The van der Waals surface area contributed by atoms with Crippen molar-refractivity contribution in [3.05, 3.63) is 29.8 Å². The molecule has 0 bridgehead atoms. The summed E-state index contributed by atoms with van der Waals surface area (Å²) < 4.78 is 5.50. The molecule has 118 valence electrons. The number of benzene rings is 1. The van der Waals surface area contributed by atoms with Crippen molar-refractivity contribution < 1.29 is 4.74 Å². The van der Waals surface area contributed by atoms with Crippen LogP contribution in [0.1, 0.15) is 64.0 Å². The van der Waals surface area contributed by atoms with E-state index in [9.17, 15) is 0 Å². The van der Waals surface area contributed by atoms with Crippen LogP contribution in [-0.2, 0) is 0 Å². The predicted molar refractivity (Wildman–Crippen MR) is 89.8 cm³/mol. The first-order valence-electron chi connectivity index (χ1n) is 8.60. The Balaban J connectivity index is 1.85. The maximum Gasteiger partial charge on any atom is 0.123 e. The van der Waals surface area contributed by atoms with E-state index >= 15 is 0 Å². The zero-order valence-electron chi connectivity index (χ0n) is 13.9. The van der Waals surface area contributed by atoms with E-state index in [-0.39, 0.29) is 0 Å². The Kier molecular flexibility index (Phi) is 6.56. The van der Waals surface area contributed by atoms with Gasteiger partial charge in [0, 0.05) is 11.6 Å². The van der Waals surface area contributed by atoms with Gasteiger partial charge in [0.2, 0.25) is 0 Å². The summed E-state index contributed by atoms with van der Waals surface area (Å²) in [7, 11) is 1.76. The molecular weight excluding hydrogens is 258 g/mol. The summed E-state index contributed by atoms with van der Waals surface area (Å²) in [6, 6.07) is 8.79. The first-order chi connectivity index (χ1) is 10.2. The van der Waals surface area contributed by atoms with E-state index in [1.54, 1.807) is 7.11 Å². The largest absolute Gasteiger partial charge is 0.496 e. The van der Waals surface area contributed by atoms with Gasteiger partial charge in [-0.3, -0.25) is 0 Å². The van der Waals surface area contributed by atoms with E-state index in [0.29, 0.717) is 6.04 Å². The molecule has 21 heavy (non-hydrogen) atoms. The van der Waals surface area contributed by atoms with Crippen LogP contribution in [0, 0.1) is 11.8 Å². The minimum absolute atomic E-state index is 0.405. The van der Waals surface area contributed by atoms with Gasteiger partial charge in [0.15, 0.2) is 0 Å². The van der Waals surface area contributed by atoms with Crippen LogP contribution < -0.4 is 10.1 Å². The third-order valence-corrected chi connectivity index (χ3v) is 4.91. The maximum absolute atomic E-state index is 5.50. The number of hydrogen-bond acceptors (Lipinski definition) is 2. The molecule has 2 nitrogen and oxygen atoms in total. The fourth-order valence-electron chi connectivity index (χ4n) is 3.71. The third kappa shape index (κ3) is 4.74. The Hall–Kier alpha value is -1.02. The number of nitrogens with one attached hydrogen (secondary N) is 1. The van der Waals surface area contributed by atoms with Crippen LogP contribution in [0.4, 0.5) is 0 Å². The van der Waals surface area contributed by atoms with Gasteiger partial charge < -0.3 is 10.1 Å². The Bertz CT molecular complexity index is 418. The molecule has 0 spiro atoms. The lowest BCUT2D eigenvalue weighted by atomic mass is 9.81. The van der Waals surface area contributed by atoms with Crippen molar-refractivity contribution in [2.45, 2.75) is 58.4 Å². The number of rotatable bonds is 7. The zero-order chi connectivity index (χ0) is 15.1. The van der Waals surface area contributed by atoms with Crippen molar-refractivity contribution in [3.63, 3.8) is 0 Å². The predicted octanol–water partition coefficient (Wildman–Crippen LogP) is 4.95. The van der Waals surface area contributed by atoms with Gasteiger partial charge in [-0.2, -0.15) is 0 Å². The highest BCUT2D eigenvalue weighted by molar-refractivity contribution is 5.35. The monoisotopic (exact) mass is 289 g/mol. The Morgan fingerprint density at radius 1 is 1.29 bits per heavy atom. The summed E-state index contributed by atoms with van der Waals surface area (Å²) in [6.45, 7) is 5.77. The standard InChI is InChI=1S/C19H31NO/c1-4-18(17-10-5-6-11-19(17)21-3)20-13-12-16-9-7-8-15(2)14-16/h5-6,10-11,15-16,18,20H,4,7-9,12-14H2,1-3H3. The Morgan fingerprint density at radius 2 is 2.10 bits per heavy atom. The molecular formula is C19H31NO. The fourth-order valence-corrected chi connectivity index (χ4v) is 3.71. The average molecular weight is 289 g/mol. The number of para-hydroxylation sites is 1. The summed E-state index contributed by atoms with van der Waals surface area (Å²) in [5.74, 6) is 2.86. The summed E-state index contributed by atoms with van der Waals surface area (Å²) in [5.41, 5.74) is 1.29. The summed E-state index contributed by atoms with van der Waals surface area (Å²) >= 11 is 0. The molecule has 2 heteroatoms. The van der Waals surface area contributed by atoms with E-state index in [0.717, 1.165) is 30.6 Å². The van der Waals surface area contributed by atoms with E-state index < -0.39 is 0 Å². The van der Waals surface area contributed by atoms with Crippen LogP contribution in [0.25, 0.3) is 0 Å². The molecule has 1 aliphatic carbocycles. The quantitative estimate of drug-likeness (QED) is 0.766. The van der Waals surface area contributed by atoms with E-state index in [2.05, 4.69) is 37.4 Å². The molecule has 1 aromatic rings. The molecule has 3 atom stereocenters. The number of ether oxygens (including phenoxy) is 1. The highest BCUT2D eigenvalue weighted by Gasteiger charge is 2.19. The van der Waals surface area contributed by atoms with Gasteiger partial charge in [-0.15, -0.1) is 0 Å². The molecule has 0 aliphatic heterocycles. The normalized spacial score (nSPS) is 23.8. The fraction of sp³-hybridized carbons (Fsp3) is 0.684. The van der Waals surface area contributed by atoms with Crippen LogP contribution in [0.2, 0.25) is 0 Å². The van der Waals surface area contributed by atoms with E-state index in [1.165, 1.54) is 37.7 Å². The van der Waals surface area contributed by atoms with Crippen LogP contribution >= 0.6 is 0 Å². The molecule has 0 amide bonds. The lowest BCUT2D eigenvalue weighted by Gasteiger charge is -2.27. The minimum atomic E-state index is 0.405. The molecule has 3 unspecified atom stereocenters. The molecule has 1 saturated carbocycles. The second kappa shape index (κ2) is 8.43. The first kappa shape index (κ1) is 16.4. The van der Waals surface area contributed by atoms with Crippen LogP contribution in [0.15, 0.2) is 24.3 Å². The van der Waals surface area contributed by atoms with E-state index in [1.807, 2.05) is 6.07 Å². The Labute approximate surface area is 130 Å². The molecule has 0 saturated heterocycles. The van der Waals surface area contributed by atoms with Gasteiger partial charge in [0.1, 0.15) is 5.75 Å². The van der Waals surface area contributed by atoms with Gasteiger partial charge in [-0.05, 0) is 43.7 Å². The highest BCUT2D eigenvalue weighted by Crippen LogP contribution is 2.31. The topological polar surface area (TPSA) is 21.3 Å². The molecule has 0 radical (unpaired) electrons. The molecule has 1 fully saturated rings. The van der Waals surface area contributed by atoms with E-state index in [4.69, 9.17) is 4.74 Å². The highest BCUT2D eigenvalue weighted by atomic mass is 16.5. The maximum atomic E-state index is 5.50. The third-order valence-electron chi connectivity index (χ3n) is 4.91. The van der Waals surface area contributed by atoms with Gasteiger partial charge in [0.25, 0.3) is 0 Å². The van der Waals surface area contributed by atoms with Gasteiger partial charge in [-0.25, -0.2) is 0 Å². The second-order valence-corrected chi connectivity index (χ2v) is 6.58. The van der Waals surface area contributed by atoms with Crippen molar-refractivity contribution in [2.75, 3.05) is 13.7 Å². The smallest absolute Gasteiger partial charge is 0.123 e. The van der Waals surface area contributed by atoms with Crippen LogP contribution in [-0.4, -0.2) is 13.7 Å². The van der Waals surface area contributed by atoms with Gasteiger partial charge in [0.05, 0.1) is 7.11 Å². The average Bonchev–Trinajstić information content (AvgIpc) is 2.52. The van der Waals surface area contributed by atoms with Crippen molar-refractivity contribution in [3.8, 4) is 5.75 Å². The SMILES string of the molecule is CCC(NCCC1CCCC(C)C1)c1ccccc1OC. The summed E-state index contributed by atoms with van der Waals surface area (Å²) in [5, 5.41) is 3.74. The van der Waals surface area contributed by atoms with Crippen molar-refractivity contribution in [2.24, 2.45) is 11.8 Å². The van der Waals surface area contributed by atoms with Crippen LogP contribution in [0.5, 0.6) is 5.75 Å². The lowest BCUT2D eigenvalue weighted by Crippen LogP contribution is -2.25. The second-order valence-electron chi connectivity index (χ2n) is 6.58. The molecule has 0 heterocycles. The molecule has 1 aliphatic rings. The molecule has 1 aromatic carbocycles. The summed E-state index contributed by atoms with van der Waals surface area (Å²) in [6.07, 6.45) is 8.13. The van der Waals surface area contributed by atoms with Crippen molar-refractivity contribution in [1.29, 1.82) is 0 Å². The lowest BCUT2D eigenvalue weighted by molar-refractivity contribution is 0.264. The van der Waals surface area contributed by atoms with Gasteiger partial charge in [-0.1, -0.05) is 51.3 Å². The molecule has 0 aromatic heterocycles. The molecule has 1 N–H and O–H groups in total. The molecule has 2 rings (SSSR count). The Morgan fingerprint density at radius 3 is 2.81 bits per heavy atom. The summed E-state index contributed by atoms with van der Waals surface area (Å²) in [4.78, 5) is 0. The number of methoxy groups -OCH3 is 1. The van der Waals surface area contributed by atoms with Gasteiger partial charge >= 0.3 is 0 Å². The van der Waals surface area contributed by atoms with Crippen molar-refractivity contribution in [1.82, 2.24) is 5.32 Å². The minimum Gasteiger partial charge on any atom is -0.496 e. The zero-order valence-corrected chi connectivity index (χ0v) is 13.9. The first-order valence-corrected chi connectivity index (χ1v) is 8.60. The van der Waals surface area contributed by atoms with Crippen molar-refractivity contribution >= 4 is 0 Å². The van der Waals surface area contributed by atoms with Crippen LogP contribution in [0.3, 0.4) is 0 Å². The number of hydrogen-bond donors (Lipinski definition) is 1.